The van der Waals surface area contributed by atoms with Crippen LogP contribution in [0.4, 0.5) is 0 Å². The summed E-state index contributed by atoms with van der Waals surface area (Å²) in [4.78, 5) is 8.57. The van der Waals surface area contributed by atoms with Gasteiger partial charge in [0, 0.05) is 13.6 Å². The van der Waals surface area contributed by atoms with Crippen molar-refractivity contribution in [2.45, 2.75) is 53.5 Å². The summed E-state index contributed by atoms with van der Waals surface area (Å²) in [5.74, 6) is 2.22. The molecule has 0 atom stereocenters. The van der Waals surface area contributed by atoms with Crippen molar-refractivity contribution in [3.8, 4) is 0 Å². The van der Waals surface area contributed by atoms with Crippen LogP contribution >= 0.6 is 24.0 Å². The summed E-state index contributed by atoms with van der Waals surface area (Å²) < 4.78 is 11.2. The maximum absolute atomic E-state index is 5.61. The van der Waals surface area contributed by atoms with Gasteiger partial charge in [-0.05, 0) is 38.8 Å². The van der Waals surface area contributed by atoms with Crippen LogP contribution in [0.15, 0.2) is 33.7 Å². The number of guanidine groups is 1. The third kappa shape index (κ3) is 7.33. The number of benzene rings is 1. The molecule has 2 N–H and O–H groups in total. The van der Waals surface area contributed by atoms with Crippen LogP contribution in [0.5, 0.6) is 0 Å². The number of aliphatic imine (C=N–C) groups is 1. The fourth-order valence-corrected chi connectivity index (χ4v) is 2.20. The molecule has 7 heteroatoms. The second-order valence-electron chi connectivity index (χ2n) is 6.20. The van der Waals surface area contributed by atoms with E-state index in [0.29, 0.717) is 31.5 Å². The average molecular weight is 472 g/mol. The molecule has 0 saturated carbocycles. The second kappa shape index (κ2) is 11.2. The van der Waals surface area contributed by atoms with E-state index in [-0.39, 0.29) is 30.1 Å². The van der Waals surface area contributed by atoms with E-state index in [2.05, 4.69) is 44.9 Å². The van der Waals surface area contributed by atoms with Crippen LogP contribution in [0.25, 0.3) is 0 Å². The maximum Gasteiger partial charge on any atom is 0.214 e. The molecule has 1 heterocycles. The Morgan fingerprint density at radius 3 is 2.27 bits per heavy atom. The molecule has 0 aliphatic carbocycles. The van der Waals surface area contributed by atoms with Crippen molar-refractivity contribution in [1.82, 2.24) is 15.6 Å². The maximum atomic E-state index is 5.61. The molecule has 0 spiro atoms. The zero-order valence-corrected chi connectivity index (χ0v) is 18.5. The first-order valence-electron chi connectivity index (χ1n) is 8.54. The second-order valence-corrected chi connectivity index (χ2v) is 6.20. The van der Waals surface area contributed by atoms with E-state index in [1.54, 1.807) is 7.05 Å². The first-order chi connectivity index (χ1) is 12.0. The molecule has 0 fully saturated rings. The van der Waals surface area contributed by atoms with Crippen LogP contribution in [0.1, 0.15) is 42.3 Å². The Balaban J connectivity index is 0.00000338. The van der Waals surface area contributed by atoms with E-state index in [4.69, 9.17) is 9.15 Å². The van der Waals surface area contributed by atoms with E-state index in [1.165, 1.54) is 11.1 Å². The number of aromatic nitrogens is 1. The minimum absolute atomic E-state index is 0. The normalized spacial score (nSPS) is 11.4. The third-order valence-electron chi connectivity index (χ3n) is 3.77. The molecule has 2 rings (SSSR count). The summed E-state index contributed by atoms with van der Waals surface area (Å²) in [6.45, 7) is 9.76. The molecule has 1 aromatic heterocycles. The predicted molar refractivity (Wildman–Crippen MR) is 115 cm³/mol. The number of halogens is 1. The van der Waals surface area contributed by atoms with Crippen LogP contribution in [-0.2, 0) is 24.4 Å². The highest BCUT2D eigenvalue weighted by atomic mass is 127. The highest BCUT2D eigenvalue weighted by Gasteiger charge is 2.06. The van der Waals surface area contributed by atoms with Gasteiger partial charge < -0.3 is 19.8 Å². The molecule has 2 aromatic rings. The lowest BCUT2D eigenvalue weighted by Crippen LogP contribution is -2.36. The predicted octanol–water partition coefficient (Wildman–Crippen LogP) is 3.70. The van der Waals surface area contributed by atoms with Gasteiger partial charge in [-0.1, -0.05) is 24.3 Å². The molecule has 0 amide bonds. The van der Waals surface area contributed by atoms with E-state index < -0.39 is 0 Å². The largest absolute Gasteiger partial charge is 0.444 e. The lowest BCUT2D eigenvalue weighted by molar-refractivity contribution is 0.0657. The van der Waals surface area contributed by atoms with Crippen molar-refractivity contribution in [3.05, 3.63) is 52.7 Å². The van der Waals surface area contributed by atoms with Gasteiger partial charge in [-0.25, -0.2) is 4.98 Å². The molecule has 6 nitrogen and oxygen atoms in total. The van der Waals surface area contributed by atoms with Gasteiger partial charge in [-0.2, -0.15) is 0 Å². The number of hydrogen-bond acceptors (Lipinski definition) is 4. The van der Waals surface area contributed by atoms with Crippen LogP contribution < -0.4 is 10.6 Å². The third-order valence-corrected chi connectivity index (χ3v) is 3.77. The van der Waals surface area contributed by atoms with E-state index >= 15 is 0 Å². The molecule has 1 aromatic carbocycles. The summed E-state index contributed by atoms with van der Waals surface area (Å²) >= 11 is 0. The number of hydrogen-bond donors (Lipinski definition) is 2. The molecule has 0 radical (unpaired) electrons. The van der Waals surface area contributed by atoms with Crippen molar-refractivity contribution in [3.63, 3.8) is 0 Å². The fourth-order valence-electron chi connectivity index (χ4n) is 2.20. The zero-order chi connectivity index (χ0) is 18.2. The minimum atomic E-state index is 0. The monoisotopic (exact) mass is 472 g/mol. The molecular formula is C19H29IN4O2. The topological polar surface area (TPSA) is 71.7 Å². The molecule has 0 aliphatic heterocycles. The molecule has 0 saturated heterocycles. The lowest BCUT2D eigenvalue weighted by atomic mass is 10.1. The number of aryl methyl sites for hydroxylation is 2. The van der Waals surface area contributed by atoms with Crippen LogP contribution in [-0.4, -0.2) is 24.1 Å². The molecule has 144 valence electrons. The van der Waals surface area contributed by atoms with Gasteiger partial charge in [-0.15, -0.1) is 24.0 Å². The van der Waals surface area contributed by atoms with Crippen LogP contribution in [0.3, 0.4) is 0 Å². The lowest BCUT2D eigenvalue weighted by Gasteiger charge is -2.11. The van der Waals surface area contributed by atoms with Crippen molar-refractivity contribution in [2.75, 3.05) is 7.05 Å². The van der Waals surface area contributed by atoms with E-state index in [9.17, 15) is 0 Å². The Morgan fingerprint density at radius 2 is 1.73 bits per heavy atom. The van der Waals surface area contributed by atoms with Gasteiger partial charge >= 0.3 is 0 Å². The first-order valence-corrected chi connectivity index (χ1v) is 8.54. The highest BCUT2D eigenvalue weighted by Crippen LogP contribution is 2.08. The van der Waals surface area contributed by atoms with Crippen molar-refractivity contribution in [1.29, 1.82) is 0 Å². The van der Waals surface area contributed by atoms with Gasteiger partial charge in [0.1, 0.15) is 5.76 Å². The van der Waals surface area contributed by atoms with Gasteiger partial charge in [-0.3, -0.25) is 4.99 Å². The van der Waals surface area contributed by atoms with E-state index in [0.717, 1.165) is 11.5 Å². The zero-order valence-electron chi connectivity index (χ0n) is 16.1. The standard InChI is InChI=1S/C19H28N4O2.HI/c1-13(2)24-12-17-8-6-16(7-9-17)10-21-19(20-5)22-11-18-23-14(3)15(4)25-18;/h6-9,13H,10-12H2,1-5H3,(H2,20,21,22);1H. The molecule has 26 heavy (non-hydrogen) atoms. The van der Waals surface area contributed by atoms with Gasteiger partial charge in [0.05, 0.1) is 24.9 Å². The Labute approximate surface area is 172 Å². The first kappa shape index (κ1) is 22.4. The Morgan fingerprint density at radius 1 is 1.12 bits per heavy atom. The van der Waals surface area contributed by atoms with Gasteiger partial charge in [0.15, 0.2) is 5.96 Å². The summed E-state index contributed by atoms with van der Waals surface area (Å²) in [7, 11) is 1.74. The Kier molecular flexibility index (Phi) is 9.64. The summed E-state index contributed by atoms with van der Waals surface area (Å²) in [5.41, 5.74) is 3.27. The highest BCUT2D eigenvalue weighted by molar-refractivity contribution is 14.0. The Hall–Kier alpha value is -1.61. The quantitative estimate of drug-likeness (QED) is 0.366. The molecule has 0 bridgehead atoms. The number of oxazole rings is 1. The number of rotatable bonds is 7. The van der Waals surface area contributed by atoms with Crippen LogP contribution in [0, 0.1) is 13.8 Å². The number of nitrogens with one attached hydrogen (secondary N) is 2. The fraction of sp³-hybridized carbons (Fsp3) is 0.474. The van der Waals surface area contributed by atoms with Gasteiger partial charge in [0.25, 0.3) is 0 Å². The molecule has 0 aliphatic rings. The number of ether oxygens (including phenoxy) is 1. The summed E-state index contributed by atoms with van der Waals surface area (Å²) in [6, 6.07) is 8.38. The minimum Gasteiger partial charge on any atom is -0.444 e. The van der Waals surface area contributed by atoms with Gasteiger partial charge in [0.2, 0.25) is 5.89 Å². The summed E-state index contributed by atoms with van der Waals surface area (Å²) in [5, 5.41) is 6.49. The van der Waals surface area contributed by atoms with Crippen molar-refractivity contribution >= 4 is 29.9 Å². The Bertz CT molecular complexity index is 677. The van der Waals surface area contributed by atoms with Crippen LogP contribution in [0.2, 0.25) is 0 Å². The SMILES string of the molecule is CN=C(NCc1ccc(COC(C)C)cc1)NCc1nc(C)c(C)o1.I. The average Bonchev–Trinajstić information content (AvgIpc) is 2.92. The van der Waals surface area contributed by atoms with E-state index in [1.807, 2.05) is 27.7 Å². The van der Waals surface area contributed by atoms with Crippen molar-refractivity contribution < 1.29 is 9.15 Å². The summed E-state index contributed by atoms with van der Waals surface area (Å²) in [6.07, 6.45) is 0.243. The number of nitrogens with zero attached hydrogens (tertiary/aromatic N) is 2. The molecule has 0 unspecified atom stereocenters. The smallest absolute Gasteiger partial charge is 0.214 e. The molecular weight excluding hydrogens is 443 g/mol. The van der Waals surface area contributed by atoms with Crippen molar-refractivity contribution in [2.24, 2.45) is 4.99 Å².